The molecule has 0 radical (unpaired) electrons. The fourth-order valence-electron chi connectivity index (χ4n) is 0.828. The van der Waals surface area contributed by atoms with Crippen LogP contribution in [0.2, 0.25) is 0 Å². The molecule has 0 aromatic carbocycles. The standard InChI is InChI=1S/C7H11FO6S/c1-3-14-6(10)7(8,4-5(2)9)15(11,12)13/h3-4H2,1-2H3,(H,11,12,13). The Kier molecular flexibility index (Phi) is 4.35. The van der Waals surface area contributed by atoms with Crippen molar-refractivity contribution in [3.8, 4) is 0 Å². The van der Waals surface area contributed by atoms with Crippen LogP contribution >= 0.6 is 0 Å². The molecular formula is C7H11FO6S. The largest absolute Gasteiger partial charge is 0.463 e. The van der Waals surface area contributed by atoms with Crippen LogP contribution in [0.4, 0.5) is 4.39 Å². The summed E-state index contributed by atoms with van der Waals surface area (Å²) >= 11 is 0. The van der Waals surface area contributed by atoms with Crippen LogP contribution < -0.4 is 0 Å². The fraction of sp³-hybridized carbons (Fsp3) is 0.714. The summed E-state index contributed by atoms with van der Waals surface area (Å²) in [5.41, 5.74) is 0. The van der Waals surface area contributed by atoms with Crippen molar-refractivity contribution in [2.45, 2.75) is 25.3 Å². The molecule has 0 saturated carbocycles. The van der Waals surface area contributed by atoms with Crippen LogP contribution in [0, 0.1) is 0 Å². The highest BCUT2D eigenvalue weighted by molar-refractivity contribution is 7.87. The van der Waals surface area contributed by atoms with Gasteiger partial charge < -0.3 is 4.74 Å². The van der Waals surface area contributed by atoms with Gasteiger partial charge in [-0.15, -0.1) is 0 Å². The maximum Gasteiger partial charge on any atom is 0.363 e. The molecule has 0 spiro atoms. The summed E-state index contributed by atoms with van der Waals surface area (Å²) in [6.07, 6.45) is -1.27. The number of carbonyl (C=O) groups excluding carboxylic acids is 2. The predicted octanol–water partition coefficient (Wildman–Crippen LogP) is 0.0822. The fourth-order valence-corrected chi connectivity index (χ4v) is 1.48. The van der Waals surface area contributed by atoms with Crippen LogP contribution in [0.1, 0.15) is 20.3 Å². The number of carbonyl (C=O) groups is 2. The zero-order chi connectivity index (χ0) is 12.3. The number of alkyl halides is 1. The molecule has 1 unspecified atom stereocenters. The number of ether oxygens (including phenoxy) is 1. The van der Waals surface area contributed by atoms with E-state index in [4.69, 9.17) is 4.55 Å². The third kappa shape index (κ3) is 3.24. The van der Waals surface area contributed by atoms with Crippen molar-refractivity contribution in [2.24, 2.45) is 0 Å². The number of ketones is 1. The van der Waals surface area contributed by atoms with Crippen LogP contribution in [-0.4, -0.2) is 36.3 Å². The van der Waals surface area contributed by atoms with E-state index in [9.17, 15) is 22.4 Å². The molecule has 6 nitrogen and oxygen atoms in total. The van der Waals surface area contributed by atoms with E-state index in [0.717, 1.165) is 6.92 Å². The minimum Gasteiger partial charge on any atom is -0.463 e. The van der Waals surface area contributed by atoms with Gasteiger partial charge in [0.2, 0.25) is 0 Å². The van der Waals surface area contributed by atoms with E-state index >= 15 is 0 Å². The molecule has 15 heavy (non-hydrogen) atoms. The van der Waals surface area contributed by atoms with Crippen molar-refractivity contribution in [2.75, 3.05) is 6.61 Å². The lowest BCUT2D eigenvalue weighted by Crippen LogP contribution is -2.44. The highest BCUT2D eigenvalue weighted by atomic mass is 32.2. The number of Topliss-reactive ketones (excluding diaryl/α,β-unsaturated/α-hetero) is 1. The first-order chi connectivity index (χ1) is 6.65. The predicted molar refractivity (Wildman–Crippen MR) is 47.3 cm³/mol. The maximum absolute atomic E-state index is 13.6. The molecule has 0 fully saturated rings. The monoisotopic (exact) mass is 242 g/mol. The Morgan fingerprint density at radius 2 is 1.93 bits per heavy atom. The smallest absolute Gasteiger partial charge is 0.363 e. The molecule has 0 aliphatic heterocycles. The SMILES string of the molecule is CCOC(=O)C(F)(CC(C)=O)S(=O)(=O)O. The first-order valence-corrected chi connectivity index (χ1v) is 5.41. The molecule has 1 N–H and O–H groups in total. The third-order valence-corrected chi connectivity index (χ3v) is 2.59. The van der Waals surface area contributed by atoms with Crippen LogP contribution in [-0.2, 0) is 24.4 Å². The number of esters is 1. The Hall–Kier alpha value is -1.02. The molecule has 0 aromatic heterocycles. The summed E-state index contributed by atoms with van der Waals surface area (Å²) in [6.45, 7) is 1.95. The molecule has 0 amide bonds. The zero-order valence-electron chi connectivity index (χ0n) is 8.19. The average molecular weight is 242 g/mol. The first kappa shape index (κ1) is 14.0. The second kappa shape index (κ2) is 4.67. The second-order valence-electron chi connectivity index (χ2n) is 2.80. The summed E-state index contributed by atoms with van der Waals surface area (Å²) in [5.74, 6) is -2.69. The van der Waals surface area contributed by atoms with Crippen molar-refractivity contribution in [3.63, 3.8) is 0 Å². The Bertz CT molecular complexity index is 362. The quantitative estimate of drug-likeness (QED) is 0.541. The normalized spacial score (nSPS) is 15.5. The van der Waals surface area contributed by atoms with Gasteiger partial charge >= 0.3 is 21.1 Å². The highest BCUT2D eigenvalue weighted by Gasteiger charge is 2.53. The van der Waals surface area contributed by atoms with Gasteiger partial charge in [0.05, 0.1) is 13.0 Å². The van der Waals surface area contributed by atoms with E-state index in [1.807, 2.05) is 0 Å². The average Bonchev–Trinajstić information content (AvgIpc) is 2.01. The molecule has 0 aliphatic carbocycles. The molecule has 0 aromatic rings. The molecule has 0 rings (SSSR count). The molecule has 0 aliphatic rings. The van der Waals surface area contributed by atoms with E-state index in [1.165, 1.54) is 6.92 Å². The minimum absolute atomic E-state index is 0.266. The molecular weight excluding hydrogens is 231 g/mol. The van der Waals surface area contributed by atoms with Crippen molar-refractivity contribution in [1.82, 2.24) is 0 Å². The Labute approximate surface area is 86.2 Å². The first-order valence-electron chi connectivity index (χ1n) is 3.97. The molecule has 1 atom stereocenters. The summed E-state index contributed by atoms with van der Waals surface area (Å²) in [4.78, 5) is 21.5. The lowest BCUT2D eigenvalue weighted by molar-refractivity contribution is -0.153. The van der Waals surface area contributed by atoms with Gasteiger partial charge in [0.1, 0.15) is 5.78 Å². The molecule has 8 heteroatoms. The summed E-state index contributed by atoms with van der Waals surface area (Å²) < 4.78 is 47.5. The number of hydrogen-bond donors (Lipinski definition) is 1. The van der Waals surface area contributed by atoms with Gasteiger partial charge in [-0.05, 0) is 13.8 Å². The lowest BCUT2D eigenvalue weighted by atomic mass is 10.2. The van der Waals surface area contributed by atoms with Crippen LogP contribution in [0.3, 0.4) is 0 Å². The van der Waals surface area contributed by atoms with Gasteiger partial charge in [-0.25, -0.2) is 9.18 Å². The van der Waals surface area contributed by atoms with Gasteiger partial charge in [-0.3, -0.25) is 9.35 Å². The molecule has 0 bridgehead atoms. The number of halogens is 1. The Morgan fingerprint density at radius 1 is 1.47 bits per heavy atom. The Morgan fingerprint density at radius 3 is 2.20 bits per heavy atom. The van der Waals surface area contributed by atoms with Crippen LogP contribution in [0.5, 0.6) is 0 Å². The lowest BCUT2D eigenvalue weighted by Gasteiger charge is -2.18. The minimum atomic E-state index is -5.34. The van der Waals surface area contributed by atoms with Gasteiger partial charge in [0, 0.05) is 0 Å². The van der Waals surface area contributed by atoms with E-state index in [1.54, 1.807) is 0 Å². The summed E-state index contributed by atoms with van der Waals surface area (Å²) in [7, 11) is -5.34. The van der Waals surface area contributed by atoms with E-state index < -0.39 is 33.3 Å². The highest BCUT2D eigenvalue weighted by Crippen LogP contribution is 2.25. The number of rotatable bonds is 5. The summed E-state index contributed by atoms with van der Waals surface area (Å²) in [6, 6.07) is 0. The van der Waals surface area contributed by atoms with Crippen molar-refractivity contribution in [3.05, 3.63) is 0 Å². The molecule has 88 valence electrons. The van der Waals surface area contributed by atoms with Crippen LogP contribution in [0.15, 0.2) is 0 Å². The zero-order valence-corrected chi connectivity index (χ0v) is 9.01. The van der Waals surface area contributed by atoms with Crippen molar-refractivity contribution >= 4 is 21.9 Å². The van der Waals surface area contributed by atoms with Crippen molar-refractivity contribution in [1.29, 1.82) is 0 Å². The van der Waals surface area contributed by atoms with Gasteiger partial charge in [0.15, 0.2) is 0 Å². The van der Waals surface area contributed by atoms with Gasteiger partial charge in [-0.1, -0.05) is 0 Å². The number of hydrogen-bond acceptors (Lipinski definition) is 5. The summed E-state index contributed by atoms with van der Waals surface area (Å²) in [5, 5.41) is -3.71. The van der Waals surface area contributed by atoms with E-state index in [0.29, 0.717) is 0 Å². The Balaban J connectivity index is 5.22. The third-order valence-electron chi connectivity index (χ3n) is 1.47. The van der Waals surface area contributed by atoms with E-state index in [-0.39, 0.29) is 6.61 Å². The van der Waals surface area contributed by atoms with Gasteiger partial charge in [0.25, 0.3) is 0 Å². The van der Waals surface area contributed by atoms with Crippen molar-refractivity contribution < 1.29 is 31.7 Å². The van der Waals surface area contributed by atoms with Gasteiger partial charge in [-0.2, -0.15) is 8.42 Å². The van der Waals surface area contributed by atoms with E-state index in [2.05, 4.69) is 4.74 Å². The topological polar surface area (TPSA) is 97.7 Å². The molecule has 0 saturated heterocycles. The molecule has 0 heterocycles. The maximum atomic E-state index is 13.6. The second-order valence-corrected chi connectivity index (χ2v) is 4.40. The van der Waals surface area contributed by atoms with Crippen LogP contribution in [0.25, 0.3) is 0 Å².